The largest absolute Gasteiger partial charge is 0.383 e. The SMILES string of the molecule is NCCNc1cccc2cccc(S(=O)(=O)Oc3ccccc3)c12. The summed E-state index contributed by atoms with van der Waals surface area (Å²) in [4.78, 5) is 0.129. The summed E-state index contributed by atoms with van der Waals surface area (Å²) in [5.74, 6) is 0.280. The molecule has 3 N–H and O–H groups in total. The van der Waals surface area contributed by atoms with E-state index in [-0.39, 0.29) is 10.6 Å². The zero-order chi connectivity index (χ0) is 17.0. The van der Waals surface area contributed by atoms with Crippen LogP contribution in [0.2, 0.25) is 0 Å². The van der Waals surface area contributed by atoms with Gasteiger partial charge in [0.05, 0.1) is 0 Å². The molecule has 0 atom stereocenters. The van der Waals surface area contributed by atoms with Gasteiger partial charge in [0.1, 0.15) is 10.6 Å². The van der Waals surface area contributed by atoms with Crippen molar-refractivity contribution >= 4 is 26.6 Å². The molecule has 0 heterocycles. The molecule has 0 aliphatic heterocycles. The zero-order valence-electron chi connectivity index (χ0n) is 13.0. The van der Waals surface area contributed by atoms with E-state index in [1.165, 1.54) is 0 Å². The first-order valence-electron chi connectivity index (χ1n) is 7.57. The number of fused-ring (bicyclic) bond motifs is 1. The third-order valence-corrected chi connectivity index (χ3v) is 4.84. The summed E-state index contributed by atoms with van der Waals surface area (Å²) in [6, 6.07) is 19.2. The van der Waals surface area contributed by atoms with Crippen molar-refractivity contribution in [1.29, 1.82) is 0 Å². The van der Waals surface area contributed by atoms with Gasteiger partial charge in [-0.05, 0) is 29.7 Å². The molecule has 0 aromatic heterocycles. The second-order valence-electron chi connectivity index (χ2n) is 5.23. The predicted octanol–water partition coefficient (Wildman–Crippen LogP) is 2.98. The molecule has 3 aromatic carbocycles. The lowest BCUT2D eigenvalue weighted by molar-refractivity contribution is 0.487. The summed E-state index contributed by atoms with van der Waals surface area (Å²) in [5.41, 5.74) is 6.26. The Morgan fingerprint density at radius 2 is 1.62 bits per heavy atom. The lowest BCUT2D eigenvalue weighted by Gasteiger charge is -2.14. The molecular formula is C18H18N2O3S. The van der Waals surface area contributed by atoms with E-state index in [0.717, 1.165) is 5.39 Å². The molecule has 0 aliphatic rings. The predicted molar refractivity (Wildman–Crippen MR) is 95.7 cm³/mol. The topological polar surface area (TPSA) is 81.4 Å². The van der Waals surface area contributed by atoms with Crippen molar-refractivity contribution in [2.75, 3.05) is 18.4 Å². The van der Waals surface area contributed by atoms with Crippen molar-refractivity contribution in [1.82, 2.24) is 0 Å². The maximum atomic E-state index is 12.8. The van der Waals surface area contributed by atoms with Crippen LogP contribution in [0.3, 0.4) is 0 Å². The maximum absolute atomic E-state index is 12.8. The van der Waals surface area contributed by atoms with Gasteiger partial charge in [-0.3, -0.25) is 0 Å². The number of para-hydroxylation sites is 1. The Labute approximate surface area is 141 Å². The van der Waals surface area contributed by atoms with Gasteiger partial charge >= 0.3 is 10.1 Å². The maximum Gasteiger partial charge on any atom is 0.339 e. The van der Waals surface area contributed by atoms with Crippen LogP contribution in [0.5, 0.6) is 5.75 Å². The molecule has 0 saturated carbocycles. The summed E-state index contributed by atoms with van der Waals surface area (Å²) >= 11 is 0. The third-order valence-electron chi connectivity index (χ3n) is 3.54. The molecule has 0 saturated heterocycles. The fourth-order valence-corrected chi connectivity index (χ4v) is 3.69. The van der Waals surface area contributed by atoms with Crippen LogP contribution in [0.15, 0.2) is 71.6 Å². The molecule has 5 nitrogen and oxygen atoms in total. The summed E-state index contributed by atoms with van der Waals surface area (Å²) < 4.78 is 30.8. The number of benzene rings is 3. The van der Waals surface area contributed by atoms with E-state index in [1.54, 1.807) is 42.5 Å². The average Bonchev–Trinajstić information content (AvgIpc) is 2.59. The molecule has 0 fully saturated rings. The Bertz CT molecular complexity index is 936. The van der Waals surface area contributed by atoms with E-state index in [2.05, 4.69) is 5.32 Å². The van der Waals surface area contributed by atoms with Crippen LogP contribution in [-0.4, -0.2) is 21.5 Å². The number of nitrogens with one attached hydrogen (secondary N) is 1. The van der Waals surface area contributed by atoms with Crippen molar-refractivity contribution in [2.24, 2.45) is 5.73 Å². The van der Waals surface area contributed by atoms with E-state index in [1.807, 2.05) is 24.3 Å². The van der Waals surface area contributed by atoms with Crippen molar-refractivity contribution in [3.63, 3.8) is 0 Å². The normalized spacial score (nSPS) is 11.4. The Hall–Kier alpha value is -2.57. The highest BCUT2D eigenvalue weighted by atomic mass is 32.2. The van der Waals surface area contributed by atoms with E-state index >= 15 is 0 Å². The monoisotopic (exact) mass is 342 g/mol. The van der Waals surface area contributed by atoms with E-state index in [9.17, 15) is 8.42 Å². The number of nitrogens with two attached hydrogens (primary N) is 1. The minimum Gasteiger partial charge on any atom is -0.383 e. The molecule has 24 heavy (non-hydrogen) atoms. The highest BCUT2D eigenvalue weighted by molar-refractivity contribution is 7.87. The lowest BCUT2D eigenvalue weighted by Crippen LogP contribution is -2.14. The Morgan fingerprint density at radius 3 is 2.33 bits per heavy atom. The zero-order valence-corrected chi connectivity index (χ0v) is 13.8. The van der Waals surface area contributed by atoms with Crippen molar-refractivity contribution in [2.45, 2.75) is 4.90 Å². The summed E-state index contributed by atoms with van der Waals surface area (Å²) in [5, 5.41) is 4.58. The minimum atomic E-state index is -3.96. The van der Waals surface area contributed by atoms with Gasteiger partial charge in [0.15, 0.2) is 0 Å². The molecule has 0 radical (unpaired) electrons. The first-order chi connectivity index (χ1) is 11.6. The van der Waals surface area contributed by atoms with Gasteiger partial charge in [0, 0.05) is 24.2 Å². The van der Waals surface area contributed by atoms with Crippen LogP contribution in [-0.2, 0) is 10.1 Å². The van der Waals surface area contributed by atoms with Gasteiger partial charge < -0.3 is 15.2 Å². The van der Waals surface area contributed by atoms with E-state index < -0.39 is 10.1 Å². The molecule has 3 aromatic rings. The van der Waals surface area contributed by atoms with Crippen LogP contribution in [0.1, 0.15) is 0 Å². The second-order valence-corrected chi connectivity index (χ2v) is 6.74. The van der Waals surface area contributed by atoms with Crippen LogP contribution < -0.4 is 15.2 Å². The smallest absolute Gasteiger partial charge is 0.339 e. The number of hydrogen-bond acceptors (Lipinski definition) is 5. The first-order valence-corrected chi connectivity index (χ1v) is 8.98. The highest BCUT2D eigenvalue weighted by Crippen LogP contribution is 2.31. The Balaban J connectivity index is 2.11. The standard InChI is InChI=1S/C18H18N2O3S/c19-12-13-20-16-10-4-6-14-7-5-11-17(18(14)16)24(21,22)23-15-8-2-1-3-9-15/h1-11,20H,12-13,19H2. The molecule has 3 rings (SSSR count). The Morgan fingerprint density at radius 1 is 0.917 bits per heavy atom. The molecule has 0 amide bonds. The van der Waals surface area contributed by atoms with Gasteiger partial charge in [-0.2, -0.15) is 8.42 Å². The molecule has 0 spiro atoms. The molecule has 0 bridgehead atoms. The summed E-state index contributed by atoms with van der Waals surface area (Å²) in [6.07, 6.45) is 0. The number of hydrogen-bond donors (Lipinski definition) is 2. The van der Waals surface area contributed by atoms with Crippen LogP contribution in [0.25, 0.3) is 10.8 Å². The summed E-state index contributed by atoms with van der Waals surface area (Å²) in [6.45, 7) is 0.999. The van der Waals surface area contributed by atoms with Crippen molar-refractivity contribution in [3.8, 4) is 5.75 Å². The average molecular weight is 342 g/mol. The lowest BCUT2D eigenvalue weighted by atomic mass is 10.1. The van der Waals surface area contributed by atoms with Gasteiger partial charge in [0.2, 0.25) is 0 Å². The molecule has 0 aliphatic carbocycles. The third kappa shape index (κ3) is 3.34. The quantitative estimate of drug-likeness (QED) is 0.673. The molecule has 124 valence electrons. The van der Waals surface area contributed by atoms with E-state index in [4.69, 9.17) is 9.92 Å². The van der Waals surface area contributed by atoms with Gasteiger partial charge in [-0.15, -0.1) is 0 Å². The number of anilines is 1. The van der Waals surface area contributed by atoms with Crippen LogP contribution >= 0.6 is 0 Å². The summed E-state index contributed by atoms with van der Waals surface area (Å²) in [7, 11) is -3.96. The van der Waals surface area contributed by atoms with Crippen LogP contribution in [0.4, 0.5) is 5.69 Å². The fourth-order valence-electron chi connectivity index (χ4n) is 2.52. The molecule has 0 unspecified atom stereocenters. The minimum absolute atomic E-state index is 0.129. The van der Waals surface area contributed by atoms with E-state index in [0.29, 0.717) is 24.2 Å². The first kappa shape index (κ1) is 16.3. The Kier molecular flexibility index (Phi) is 4.69. The van der Waals surface area contributed by atoms with Gasteiger partial charge in [-0.25, -0.2) is 0 Å². The second kappa shape index (κ2) is 6.90. The van der Waals surface area contributed by atoms with Crippen LogP contribution in [0, 0.1) is 0 Å². The van der Waals surface area contributed by atoms with Crippen molar-refractivity contribution in [3.05, 3.63) is 66.7 Å². The van der Waals surface area contributed by atoms with Crippen molar-refractivity contribution < 1.29 is 12.6 Å². The number of rotatable bonds is 6. The molecular weight excluding hydrogens is 324 g/mol. The van der Waals surface area contributed by atoms with Gasteiger partial charge in [-0.1, -0.05) is 42.5 Å². The fraction of sp³-hybridized carbons (Fsp3) is 0.111. The molecule has 6 heteroatoms. The highest BCUT2D eigenvalue weighted by Gasteiger charge is 2.21. The van der Waals surface area contributed by atoms with Gasteiger partial charge in [0.25, 0.3) is 0 Å².